The Hall–Kier alpha value is -2.14. The molecule has 0 saturated carbocycles. The summed E-state index contributed by atoms with van der Waals surface area (Å²) in [7, 11) is 0. The van der Waals surface area contributed by atoms with Gasteiger partial charge in [-0.1, -0.05) is 11.6 Å². The van der Waals surface area contributed by atoms with Gasteiger partial charge in [-0.05, 0) is 30.3 Å². The maximum absolute atomic E-state index is 13.0. The van der Waals surface area contributed by atoms with E-state index in [1.54, 1.807) is 0 Å². The molecule has 2 rings (SSSR count). The van der Waals surface area contributed by atoms with Gasteiger partial charge in [0.15, 0.2) is 0 Å². The van der Waals surface area contributed by atoms with Crippen LogP contribution in [0.5, 0.6) is 11.5 Å². The number of carbonyl (C=O) groups is 1. The molecule has 0 aliphatic heterocycles. The number of carboxylic acids is 1. The SMILES string of the molecule is O=C(O)c1cc(F)ccc1Oc1ccc(F)c(Cl)c1. The Morgan fingerprint density at radius 2 is 1.89 bits per heavy atom. The van der Waals surface area contributed by atoms with Gasteiger partial charge >= 0.3 is 5.97 Å². The second-order valence-corrected chi connectivity index (χ2v) is 4.03. The molecule has 0 atom stereocenters. The van der Waals surface area contributed by atoms with Crippen LogP contribution in [0, 0.1) is 11.6 Å². The lowest BCUT2D eigenvalue weighted by atomic mass is 10.2. The van der Waals surface area contributed by atoms with Crippen molar-refractivity contribution in [2.75, 3.05) is 0 Å². The third-order valence-electron chi connectivity index (χ3n) is 2.29. The van der Waals surface area contributed by atoms with Crippen LogP contribution in [0.4, 0.5) is 8.78 Å². The standard InChI is InChI=1S/C13H7ClF2O3/c14-10-6-8(2-3-11(10)16)19-12-4-1-7(15)5-9(12)13(17)18/h1-6H,(H,17,18). The van der Waals surface area contributed by atoms with Crippen molar-refractivity contribution in [2.45, 2.75) is 0 Å². The van der Waals surface area contributed by atoms with E-state index in [2.05, 4.69) is 0 Å². The minimum Gasteiger partial charge on any atom is -0.478 e. The molecule has 0 unspecified atom stereocenters. The summed E-state index contributed by atoms with van der Waals surface area (Å²) in [5.74, 6) is -2.55. The number of halogens is 3. The van der Waals surface area contributed by atoms with Gasteiger partial charge in [-0.3, -0.25) is 0 Å². The molecule has 0 heterocycles. The van der Waals surface area contributed by atoms with Gasteiger partial charge in [0, 0.05) is 6.07 Å². The summed E-state index contributed by atoms with van der Waals surface area (Å²) in [6, 6.07) is 6.65. The quantitative estimate of drug-likeness (QED) is 0.922. The molecule has 3 nitrogen and oxygen atoms in total. The van der Waals surface area contributed by atoms with E-state index in [-0.39, 0.29) is 22.1 Å². The average Bonchev–Trinajstić information content (AvgIpc) is 2.36. The first-order valence-electron chi connectivity index (χ1n) is 5.13. The molecular formula is C13H7ClF2O3. The van der Waals surface area contributed by atoms with E-state index < -0.39 is 17.6 Å². The maximum atomic E-state index is 13.0. The van der Waals surface area contributed by atoms with Gasteiger partial charge < -0.3 is 9.84 Å². The Morgan fingerprint density at radius 3 is 2.53 bits per heavy atom. The van der Waals surface area contributed by atoms with Gasteiger partial charge in [0.1, 0.15) is 28.7 Å². The lowest BCUT2D eigenvalue weighted by molar-refractivity contribution is 0.0693. The number of hydrogen-bond donors (Lipinski definition) is 1. The highest BCUT2D eigenvalue weighted by molar-refractivity contribution is 6.30. The number of ether oxygens (including phenoxy) is 1. The van der Waals surface area contributed by atoms with Gasteiger partial charge in [-0.25, -0.2) is 13.6 Å². The van der Waals surface area contributed by atoms with Gasteiger partial charge in [-0.2, -0.15) is 0 Å². The molecule has 0 bridgehead atoms. The summed E-state index contributed by atoms with van der Waals surface area (Å²) < 4.78 is 31.2. The van der Waals surface area contributed by atoms with Gasteiger partial charge in [0.2, 0.25) is 0 Å². The highest BCUT2D eigenvalue weighted by Crippen LogP contribution is 2.29. The van der Waals surface area contributed by atoms with E-state index >= 15 is 0 Å². The Labute approximate surface area is 112 Å². The number of aromatic carboxylic acids is 1. The van der Waals surface area contributed by atoms with Crippen molar-refractivity contribution in [3.05, 3.63) is 58.6 Å². The van der Waals surface area contributed by atoms with Crippen LogP contribution in [-0.2, 0) is 0 Å². The third kappa shape index (κ3) is 3.00. The molecule has 19 heavy (non-hydrogen) atoms. The van der Waals surface area contributed by atoms with Crippen molar-refractivity contribution in [1.82, 2.24) is 0 Å². The normalized spacial score (nSPS) is 10.3. The first-order valence-corrected chi connectivity index (χ1v) is 5.51. The molecule has 0 aromatic heterocycles. The summed E-state index contributed by atoms with van der Waals surface area (Å²) in [5.41, 5.74) is -0.333. The molecule has 0 fully saturated rings. The third-order valence-corrected chi connectivity index (χ3v) is 2.58. The predicted molar refractivity (Wildman–Crippen MR) is 64.8 cm³/mol. The highest BCUT2D eigenvalue weighted by atomic mass is 35.5. The summed E-state index contributed by atoms with van der Waals surface area (Å²) >= 11 is 5.58. The van der Waals surface area contributed by atoms with Crippen molar-refractivity contribution >= 4 is 17.6 Å². The van der Waals surface area contributed by atoms with E-state index in [4.69, 9.17) is 21.4 Å². The first-order chi connectivity index (χ1) is 8.97. The van der Waals surface area contributed by atoms with Crippen LogP contribution in [0.2, 0.25) is 5.02 Å². The van der Waals surface area contributed by atoms with Crippen LogP contribution in [-0.4, -0.2) is 11.1 Å². The predicted octanol–water partition coefficient (Wildman–Crippen LogP) is 4.11. The number of hydrogen-bond acceptors (Lipinski definition) is 2. The number of benzene rings is 2. The second kappa shape index (κ2) is 5.24. The fraction of sp³-hybridized carbons (Fsp3) is 0. The average molecular weight is 285 g/mol. The maximum Gasteiger partial charge on any atom is 0.339 e. The fourth-order valence-electron chi connectivity index (χ4n) is 1.43. The number of carboxylic acid groups (broad SMARTS) is 1. The van der Waals surface area contributed by atoms with Gasteiger partial charge in [0.05, 0.1) is 5.02 Å². The van der Waals surface area contributed by atoms with Crippen LogP contribution in [0.15, 0.2) is 36.4 Å². The highest BCUT2D eigenvalue weighted by Gasteiger charge is 2.14. The molecule has 0 radical (unpaired) electrons. The van der Waals surface area contributed by atoms with Crippen molar-refractivity contribution in [2.24, 2.45) is 0 Å². The zero-order chi connectivity index (χ0) is 14.0. The molecule has 0 amide bonds. The Kier molecular flexibility index (Phi) is 3.66. The second-order valence-electron chi connectivity index (χ2n) is 3.62. The smallest absolute Gasteiger partial charge is 0.339 e. The van der Waals surface area contributed by atoms with Crippen LogP contribution >= 0.6 is 11.6 Å². The van der Waals surface area contributed by atoms with Crippen molar-refractivity contribution in [1.29, 1.82) is 0 Å². The zero-order valence-corrected chi connectivity index (χ0v) is 10.1. The van der Waals surface area contributed by atoms with E-state index in [1.807, 2.05) is 0 Å². The monoisotopic (exact) mass is 284 g/mol. The Bertz CT molecular complexity index is 644. The Morgan fingerprint density at radius 1 is 1.16 bits per heavy atom. The van der Waals surface area contributed by atoms with E-state index in [1.165, 1.54) is 18.2 Å². The number of rotatable bonds is 3. The largest absolute Gasteiger partial charge is 0.478 e. The van der Waals surface area contributed by atoms with Gasteiger partial charge in [-0.15, -0.1) is 0 Å². The molecular weight excluding hydrogens is 278 g/mol. The topological polar surface area (TPSA) is 46.5 Å². The van der Waals surface area contributed by atoms with Crippen molar-refractivity contribution in [3.63, 3.8) is 0 Å². The molecule has 0 aliphatic carbocycles. The molecule has 1 N–H and O–H groups in total. The van der Waals surface area contributed by atoms with Crippen LogP contribution < -0.4 is 4.74 Å². The lowest BCUT2D eigenvalue weighted by Crippen LogP contribution is -2.00. The molecule has 0 aliphatic rings. The molecule has 98 valence electrons. The molecule has 0 saturated heterocycles. The lowest BCUT2D eigenvalue weighted by Gasteiger charge is -2.09. The first kappa shape index (κ1) is 13.3. The van der Waals surface area contributed by atoms with Gasteiger partial charge in [0.25, 0.3) is 0 Å². The fourth-order valence-corrected chi connectivity index (χ4v) is 1.60. The summed E-state index contributed by atoms with van der Waals surface area (Å²) in [5, 5.41) is 8.78. The van der Waals surface area contributed by atoms with Crippen LogP contribution in [0.25, 0.3) is 0 Å². The minimum atomic E-state index is -1.33. The molecule has 2 aromatic carbocycles. The van der Waals surface area contributed by atoms with Crippen molar-refractivity contribution < 1.29 is 23.4 Å². The van der Waals surface area contributed by atoms with Crippen molar-refractivity contribution in [3.8, 4) is 11.5 Å². The minimum absolute atomic E-state index is 0.0587. The van der Waals surface area contributed by atoms with E-state index in [9.17, 15) is 13.6 Å². The summed E-state index contributed by atoms with van der Waals surface area (Å²) in [4.78, 5) is 11.0. The van der Waals surface area contributed by atoms with Crippen LogP contribution in [0.1, 0.15) is 10.4 Å². The van der Waals surface area contributed by atoms with E-state index in [0.717, 1.165) is 18.2 Å². The van der Waals surface area contributed by atoms with E-state index in [0.29, 0.717) is 0 Å². The molecule has 6 heteroatoms. The molecule has 2 aromatic rings. The zero-order valence-electron chi connectivity index (χ0n) is 9.36. The van der Waals surface area contributed by atoms with Crippen LogP contribution in [0.3, 0.4) is 0 Å². The summed E-state index contributed by atoms with van der Waals surface area (Å²) in [6.07, 6.45) is 0. The summed E-state index contributed by atoms with van der Waals surface area (Å²) in [6.45, 7) is 0. The molecule has 0 spiro atoms. The Balaban J connectivity index is 2.37.